The van der Waals surface area contributed by atoms with E-state index in [1.54, 1.807) is 19.9 Å². The lowest BCUT2D eigenvalue weighted by Crippen LogP contribution is -2.08. The van der Waals surface area contributed by atoms with Gasteiger partial charge in [-0.15, -0.1) is 0 Å². The number of ether oxygens (including phenoxy) is 1. The highest BCUT2D eigenvalue weighted by atomic mass is 16.6. The molecule has 0 radical (unpaired) electrons. The Labute approximate surface area is 92.5 Å². The maximum absolute atomic E-state index is 11.3. The summed E-state index contributed by atoms with van der Waals surface area (Å²) in [6.45, 7) is 3.36. The first kappa shape index (κ1) is 11.9. The number of esters is 1. The molecule has 0 amide bonds. The van der Waals surface area contributed by atoms with Crippen LogP contribution in [0.25, 0.3) is 0 Å². The number of nitro groups is 1. The van der Waals surface area contributed by atoms with Crippen LogP contribution in [0.5, 0.6) is 5.75 Å². The van der Waals surface area contributed by atoms with Crippen LogP contribution in [0.1, 0.15) is 13.8 Å². The van der Waals surface area contributed by atoms with Crippen LogP contribution < -0.4 is 4.74 Å². The van der Waals surface area contributed by atoms with Crippen molar-refractivity contribution >= 4 is 11.7 Å². The number of allylic oxidation sites excluding steroid dienone is 1. The van der Waals surface area contributed by atoms with Crippen molar-refractivity contribution in [2.45, 2.75) is 13.8 Å². The summed E-state index contributed by atoms with van der Waals surface area (Å²) in [5, 5.41) is 10.4. The summed E-state index contributed by atoms with van der Waals surface area (Å²) in [6.07, 6.45) is 1.63. The van der Waals surface area contributed by atoms with Gasteiger partial charge in [0.15, 0.2) is 0 Å². The Morgan fingerprint density at radius 2 is 1.94 bits per heavy atom. The molecule has 0 aromatic heterocycles. The summed E-state index contributed by atoms with van der Waals surface area (Å²) in [5.41, 5.74) is 0.445. The van der Waals surface area contributed by atoms with Crippen LogP contribution in [0.4, 0.5) is 5.69 Å². The van der Waals surface area contributed by atoms with Crippen molar-refractivity contribution in [2.75, 3.05) is 0 Å². The second kappa shape index (κ2) is 5.06. The number of rotatable bonds is 3. The van der Waals surface area contributed by atoms with E-state index in [-0.39, 0.29) is 11.4 Å². The monoisotopic (exact) mass is 221 g/mol. The van der Waals surface area contributed by atoms with Crippen LogP contribution in [0.2, 0.25) is 0 Å². The standard InChI is InChI=1S/C11H11NO4/c1-3-8(2)11(13)16-10-6-4-9(5-7-10)12(14)15/h3-7H,1-2H3. The van der Waals surface area contributed by atoms with E-state index in [1.807, 2.05) is 0 Å². The molecule has 0 atom stereocenters. The Bertz CT molecular complexity index is 434. The summed E-state index contributed by atoms with van der Waals surface area (Å²) in [7, 11) is 0. The first-order valence-electron chi connectivity index (χ1n) is 4.64. The molecule has 5 heteroatoms. The van der Waals surface area contributed by atoms with E-state index in [9.17, 15) is 14.9 Å². The van der Waals surface area contributed by atoms with Crippen molar-refractivity contribution < 1.29 is 14.5 Å². The number of nitrogens with zero attached hydrogens (tertiary/aromatic N) is 1. The number of nitro benzene ring substituents is 1. The third-order valence-electron chi connectivity index (χ3n) is 2.01. The molecule has 1 aromatic carbocycles. The number of hydrogen-bond acceptors (Lipinski definition) is 4. The van der Waals surface area contributed by atoms with E-state index in [2.05, 4.69) is 0 Å². The van der Waals surface area contributed by atoms with Gasteiger partial charge in [-0.2, -0.15) is 0 Å². The lowest BCUT2D eigenvalue weighted by Gasteiger charge is -2.03. The van der Waals surface area contributed by atoms with Gasteiger partial charge in [-0.3, -0.25) is 10.1 Å². The van der Waals surface area contributed by atoms with Gasteiger partial charge in [-0.05, 0) is 26.0 Å². The fourth-order valence-electron chi connectivity index (χ4n) is 0.941. The highest BCUT2D eigenvalue weighted by molar-refractivity contribution is 5.89. The van der Waals surface area contributed by atoms with Crippen molar-refractivity contribution in [3.05, 3.63) is 46.0 Å². The van der Waals surface area contributed by atoms with Gasteiger partial charge in [-0.25, -0.2) is 4.79 Å². The number of carbonyl (C=O) groups excluding carboxylic acids is 1. The molecule has 1 aromatic rings. The lowest BCUT2D eigenvalue weighted by atomic mass is 10.3. The minimum atomic E-state index is -0.511. The molecule has 0 spiro atoms. The maximum atomic E-state index is 11.3. The van der Waals surface area contributed by atoms with Crippen LogP contribution in [0.15, 0.2) is 35.9 Å². The fraction of sp³-hybridized carbons (Fsp3) is 0.182. The van der Waals surface area contributed by atoms with Gasteiger partial charge in [0.25, 0.3) is 5.69 Å². The second-order valence-electron chi connectivity index (χ2n) is 3.11. The Morgan fingerprint density at radius 3 is 2.38 bits per heavy atom. The molecular weight excluding hydrogens is 210 g/mol. The average molecular weight is 221 g/mol. The summed E-state index contributed by atoms with van der Waals surface area (Å²) in [4.78, 5) is 21.2. The molecule has 1 rings (SSSR count). The van der Waals surface area contributed by atoms with E-state index in [0.29, 0.717) is 5.57 Å². The number of carbonyl (C=O) groups is 1. The molecule has 0 aliphatic heterocycles. The van der Waals surface area contributed by atoms with E-state index in [4.69, 9.17) is 4.74 Å². The van der Waals surface area contributed by atoms with Crippen LogP contribution in [0, 0.1) is 10.1 Å². The minimum absolute atomic E-state index is 0.0393. The third-order valence-corrected chi connectivity index (χ3v) is 2.01. The van der Waals surface area contributed by atoms with E-state index in [1.165, 1.54) is 24.3 Å². The Morgan fingerprint density at radius 1 is 1.38 bits per heavy atom. The predicted molar refractivity (Wildman–Crippen MR) is 58.2 cm³/mol. The SMILES string of the molecule is CC=C(C)C(=O)Oc1ccc([N+](=O)[O-])cc1. The van der Waals surface area contributed by atoms with Crippen molar-refractivity contribution in [3.8, 4) is 5.75 Å². The molecule has 0 heterocycles. The first-order chi connectivity index (χ1) is 7.54. The molecule has 0 fully saturated rings. The van der Waals surface area contributed by atoms with E-state index >= 15 is 0 Å². The van der Waals surface area contributed by atoms with Gasteiger partial charge < -0.3 is 4.74 Å². The first-order valence-corrected chi connectivity index (χ1v) is 4.64. The number of non-ortho nitro benzene ring substituents is 1. The predicted octanol–water partition coefficient (Wildman–Crippen LogP) is 2.47. The zero-order chi connectivity index (χ0) is 12.1. The summed E-state index contributed by atoms with van der Waals surface area (Å²) in [5.74, 6) is -0.173. The summed E-state index contributed by atoms with van der Waals surface area (Å²) >= 11 is 0. The van der Waals surface area contributed by atoms with E-state index in [0.717, 1.165) is 0 Å². The highest BCUT2D eigenvalue weighted by Crippen LogP contribution is 2.18. The van der Waals surface area contributed by atoms with Gasteiger partial charge in [0.1, 0.15) is 5.75 Å². The van der Waals surface area contributed by atoms with Crippen LogP contribution >= 0.6 is 0 Å². The molecule has 0 aliphatic rings. The van der Waals surface area contributed by atoms with Crippen molar-refractivity contribution in [1.82, 2.24) is 0 Å². The molecular formula is C11H11NO4. The van der Waals surface area contributed by atoms with Gasteiger partial charge in [0.2, 0.25) is 0 Å². The van der Waals surface area contributed by atoms with Crippen molar-refractivity contribution in [3.63, 3.8) is 0 Å². The fourth-order valence-corrected chi connectivity index (χ4v) is 0.941. The Hall–Kier alpha value is -2.17. The van der Waals surface area contributed by atoms with Gasteiger partial charge >= 0.3 is 5.97 Å². The topological polar surface area (TPSA) is 69.4 Å². The van der Waals surface area contributed by atoms with Gasteiger partial charge in [0.05, 0.1) is 4.92 Å². The molecule has 0 saturated carbocycles. The number of benzene rings is 1. The van der Waals surface area contributed by atoms with Crippen molar-refractivity contribution in [2.24, 2.45) is 0 Å². The quantitative estimate of drug-likeness (QED) is 0.258. The molecule has 0 bridgehead atoms. The van der Waals surface area contributed by atoms with Crippen LogP contribution in [-0.2, 0) is 4.79 Å². The summed E-state index contributed by atoms with van der Waals surface area (Å²) < 4.78 is 4.97. The Kier molecular flexibility index (Phi) is 3.77. The molecule has 0 unspecified atom stereocenters. The lowest BCUT2D eigenvalue weighted by molar-refractivity contribution is -0.384. The minimum Gasteiger partial charge on any atom is -0.423 e. The van der Waals surface area contributed by atoms with E-state index < -0.39 is 10.9 Å². The largest absolute Gasteiger partial charge is 0.423 e. The van der Waals surface area contributed by atoms with Crippen molar-refractivity contribution in [1.29, 1.82) is 0 Å². The number of hydrogen-bond donors (Lipinski definition) is 0. The average Bonchev–Trinajstić information content (AvgIpc) is 2.28. The maximum Gasteiger partial charge on any atom is 0.338 e. The third kappa shape index (κ3) is 2.91. The van der Waals surface area contributed by atoms with Gasteiger partial charge in [-0.1, -0.05) is 6.08 Å². The molecule has 84 valence electrons. The Balaban J connectivity index is 2.76. The molecule has 0 N–H and O–H groups in total. The van der Waals surface area contributed by atoms with Crippen LogP contribution in [-0.4, -0.2) is 10.9 Å². The molecule has 0 aliphatic carbocycles. The molecule has 5 nitrogen and oxygen atoms in total. The van der Waals surface area contributed by atoms with Gasteiger partial charge in [0, 0.05) is 17.7 Å². The normalized spacial score (nSPS) is 11.0. The smallest absolute Gasteiger partial charge is 0.338 e. The molecule has 0 saturated heterocycles. The zero-order valence-electron chi connectivity index (χ0n) is 8.97. The highest BCUT2D eigenvalue weighted by Gasteiger charge is 2.08. The second-order valence-corrected chi connectivity index (χ2v) is 3.11. The summed E-state index contributed by atoms with van der Waals surface area (Å²) in [6, 6.07) is 5.35. The molecule has 16 heavy (non-hydrogen) atoms. The van der Waals surface area contributed by atoms with Crippen LogP contribution in [0.3, 0.4) is 0 Å². The zero-order valence-corrected chi connectivity index (χ0v) is 8.97.